The molecule has 1 aromatic heterocycles. The fourth-order valence-corrected chi connectivity index (χ4v) is 3.06. The molecule has 0 spiro atoms. The molecule has 0 radical (unpaired) electrons. The highest BCUT2D eigenvalue weighted by Crippen LogP contribution is 2.43. The molecular weight excluding hydrogens is 402 g/mol. The molecule has 1 heterocycles. The van der Waals surface area contributed by atoms with Gasteiger partial charge in [-0.25, -0.2) is 14.4 Å². The Morgan fingerprint density at radius 3 is 2.47 bits per heavy atom. The fraction of sp³-hybridized carbons (Fsp3) is 0. The van der Waals surface area contributed by atoms with Crippen LogP contribution in [0.25, 0.3) is 22.1 Å². The third-order valence-electron chi connectivity index (χ3n) is 2.65. The Morgan fingerprint density at radius 2 is 1.74 bits per heavy atom. The molecule has 0 aliphatic heterocycles. The van der Waals surface area contributed by atoms with Crippen LogP contribution in [0.15, 0.2) is 27.1 Å². The van der Waals surface area contributed by atoms with E-state index in [0.29, 0.717) is 30.5 Å². The maximum Gasteiger partial charge on any atom is 0.159 e. The van der Waals surface area contributed by atoms with E-state index in [9.17, 15) is 9.50 Å². The summed E-state index contributed by atoms with van der Waals surface area (Å²) >= 11 is 12.5. The first-order valence-corrected chi connectivity index (χ1v) is 7.08. The largest absolute Gasteiger partial charge is 0.504 e. The van der Waals surface area contributed by atoms with Crippen molar-refractivity contribution < 1.29 is 9.50 Å². The Balaban J connectivity index is 2.55. The lowest BCUT2D eigenvalue weighted by Gasteiger charge is -2.08. The summed E-state index contributed by atoms with van der Waals surface area (Å²) in [5, 5.41) is 10.4. The molecule has 7 heteroatoms. The van der Waals surface area contributed by atoms with Crippen molar-refractivity contribution >= 4 is 65.5 Å². The Hall–Kier alpha value is -0.980. The van der Waals surface area contributed by atoms with E-state index in [4.69, 9.17) is 11.6 Å². The van der Waals surface area contributed by atoms with Gasteiger partial charge in [0.25, 0.3) is 0 Å². The van der Waals surface area contributed by atoms with Crippen molar-refractivity contribution in [2.45, 2.75) is 0 Å². The van der Waals surface area contributed by atoms with Gasteiger partial charge in [0.05, 0.1) is 25.0 Å². The van der Waals surface area contributed by atoms with Crippen LogP contribution < -0.4 is 0 Å². The number of hydrogen-bond donors (Lipinski definition) is 1. The van der Waals surface area contributed by atoms with Crippen LogP contribution in [0, 0.1) is 5.82 Å². The molecule has 1 N–H and O–H groups in total. The zero-order valence-electron chi connectivity index (χ0n) is 9.09. The zero-order chi connectivity index (χ0) is 13.7. The van der Waals surface area contributed by atoms with E-state index in [0.717, 1.165) is 0 Å². The first-order chi connectivity index (χ1) is 8.99. The predicted molar refractivity (Wildman–Crippen MR) is 79.1 cm³/mol. The minimum atomic E-state index is -0.410. The number of fused-ring (bicyclic) bond motifs is 2. The van der Waals surface area contributed by atoms with Crippen LogP contribution >= 0.6 is 43.5 Å². The number of aromatic hydroxyl groups is 1. The number of phenols is 1. The van der Waals surface area contributed by atoms with Gasteiger partial charge in [-0.3, -0.25) is 0 Å². The number of aromatic nitrogens is 2. The monoisotopic (exact) mass is 404 g/mol. The van der Waals surface area contributed by atoms with Crippen LogP contribution in [0.3, 0.4) is 0 Å². The predicted octanol–water partition coefficient (Wildman–Crippen LogP) is 4.81. The van der Waals surface area contributed by atoms with Gasteiger partial charge in [-0.1, -0.05) is 11.6 Å². The number of benzene rings is 2. The van der Waals surface area contributed by atoms with E-state index in [1.165, 1.54) is 18.2 Å². The second-order valence-corrected chi connectivity index (χ2v) is 5.81. The second-order valence-electron chi connectivity index (χ2n) is 3.84. The van der Waals surface area contributed by atoms with Crippen molar-refractivity contribution in [3.63, 3.8) is 0 Å². The normalized spacial score (nSPS) is 11.4. The number of phenolic OH excluding ortho intramolecular Hbond substituents is 1. The Morgan fingerprint density at radius 1 is 1.05 bits per heavy atom. The van der Waals surface area contributed by atoms with E-state index < -0.39 is 5.82 Å². The first-order valence-electron chi connectivity index (χ1n) is 5.11. The smallest absolute Gasteiger partial charge is 0.159 e. The molecule has 0 atom stereocenters. The molecule has 3 nitrogen and oxygen atoms in total. The summed E-state index contributed by atoms with van der Waals surface area (Å²) < 4.78 is 14.0. The van der Waals surface area contributed by atoms with Crippen molar-refractivity contribution in [1.82, 2.24) is 9.97 Å². The van der Waals surface area contributed by atoms with Gasteiger partial charge in [0.1, 0.15) is 16.9 Å². The van der Waals surface area contributed by atoms with E-state index in [1.54, 1.807) is 0 Å². The van der Waals surface area contributed by atoms with E-state index >= 15 is 0 Å². The third-order valence-corrected chi connectivity index (χ3v) is 5.03. The molecule has 0 fully saturated rings. The van der Waals surface area contributed by atoms with Gasteiger partial charge in [-0.2, -0.15) is 0 Å². The van der Waals surface area contributed by atoms with Crippen molar-refractivity contribution in [3.05, 3.63) is 38.0 Å². The Kier molecular flexibility index (Phi) is 3.11. The minimum absolute atomic E-state index is 0.123. The van der Waals surface area contributed by atoms with Gasteiger partial charge in [-0.05, 0) is 44.0 Å². The van der Waals surface area contributed by atoms with Gasteiger partial charge >= 0.3 is 0 Å². The number of hydrogen-bond acceptors (Lipinski definition) is 3. The first kappa shape index (κ1) is 13.0. The van der Waals surface area contributed by atoms with Crippen LogP contribution in [0.1, 0.15) is 0 Å². The third kappa shape index (κ3) is 1.98. The maximum atomic E-state index is 13.2. The summed E-state index contributed by atoms with van der Waals surface area (Å²) in [6.45, 7) is 0. The SMILES string of the molecule is Oc1c(Br)c(Cl)c(Br)c2nc3ccc(F)cc3nc12. The molecule has 0 saturated carbocycles. The molecule has 0 unspecified atom stereocenters. The van der Waals surface area contributed by atoms with Crippen LogP contribution in [0.5, 0.6) is 5.75 Å². The van der Waals surface area contributed by atoms with Gasteiger partial charge in [0.15, 0.2) is 5.75 Å². The molecule has 0 aliphatic rings. The second kappa shape index (κ2) is 4.54. The quantitative estimate of drug-likeness (QED) is 0.431. The van der Waals surface area contributed by atoms with Gasteiger partial charge < -0.3 is 5.11 Å². The van der Waals surface area contributed by atoms with Crippen LogP contribution in [0.2, 0.25) is 5.02 Å². The van der Waals surface area contributed by atoms with Crippen LogP contribution in [-0.4, -0.2) is 15.1 Å². The lowest BCUT2D eigenvalue weighted by Crippen LogP contribution is -1.91. The molecule has 3 aromatic rings. The fourth-order valence-electron chi connectivity index (χ4n) is 1.75. The molecule has 0 saturated heterocycles. The highest BCUT2D eigenvalue weighted by Gasteiger charge is 2.17. The maximum absolute atomic E-state index is 13.2. The number of nitrogens with zero attached hydrogens (tertiary/aromatic N) is 2. The lowest BCUT2D eigenvalue weighted by atomic mass is 10.2. The van der Waals surface area contributed by atoms with E-state index in [2.05, 4.69) is 41.8 Å². The van der Waals surface area contributed by atoms with Gasteiger partial charge in [0.2, 0.25) is 0 Å². The molecule has 96 valence electrons. The van der Waals surface area contributed by atoms with Crippen LogP contribution in [0.4, 0.5) is 4.39 Å². The van der Waals surface area contributed by atoms with Crippen molar-refractivity contribution in [3.8, 4) is 5.75 Å². The summed E-state index contributed by atoms with van der Waals surface area (Å²) in [6.07, 6.45) is 0. The average molecular weight is 406 g/mol. The number of halogens is 4. The highest BCUT2D eigenvalue weighted by molar-refractivity contribution is 9.11. The van der Waals surface area contributed by atoms with Crippen molar-refractivity contribution in [2.24, 2.45) is 0 Å². The highest BCUT2D eigenvalue weighted by atomic mass is 79.9. The Labute approximate surface area is 128 Å². The van der Waals surface area contributed by atoms with Crippen LogP contribution in [-0.2, 0) is 0 Å². The summed E-state index contributed by atoms with van der Waals surface area (Å²) in [4.78, 5) is 8.57. The zero-order valence-corrected chi connectivity index (χ0v) is 13.0. The van der Waals surface area contributed by atoms with Gasteiger partial charge in [-0.15, -0.1) is 0 Å². The lowest BCUT2D eigenvalue weighted by molar-refractivity contribution is 0.477. The van der Waals surface area contributed by atoms with Gasteiger partial charge in [0, 0.05) is 6.07 Å². The summed E-state index contributed by atoms with van der Waals surface area (Å²) in [6, 6.07) is 4.09. The molecule has 0 bridgehead atoms. The average Bonchev–Trinajstić information content (AvgIpc) is 2.41. The summed E-state index contributed by atoms with van der Waals surface area (Å²) in [5.74, 6) is -0.533. The number of rotatable bonds is 0. The topological polar surface area (TPSA) is 46.0 Å². The summed E-state index contributed by atoms with van der Waals surface area (Å²) in [7, 11) is 0. The molecular formula is C12H4Br2ClFN2O. The minimum Gasteiger partial charge on any atom is -0.504 e. The van der Waals surface area contributed by atoms with Crippen molar-refractivity contribution in [2.75, 3.05) is 0 Å². The molecule has 3 rings (SSSR count). The standard InChI is InChI=1S/C12H4Br2ClFN2O/c13-7-9(15)8(14)12(19)11-10(7)17-5-2-1-4(16)3-6(5)18-11/h1-3,19H. The molecule has 19 heavy (non-hydrogen) atoms. The van der Waals surface area contributed by atoms with E-state index in [1.807, 2.05) is 0 Å². The summed E-state index contributed by atoms with van der Waals surface area (Å²) in [5.41, 5.74) is 1.56. The van der Waals surface area contributed by atoms with Crippen molar-refractivity contribution in [1.29, 1.82) is 0 Å². The Bertz CT molecular complexity index is 841. The molecule has 0 amide bonds. The molecule has 2 aromatic carbocycles. The van der Waals surface area contributed by atoms with E-state index in [-0.39, 0.29) is 11.3 Å². The molecule has 0 aliphatic carbocycles.